The van der Waals surface area contributed by atoms with E-state index in [9.17, 15) is 8.42 Å². The summed E-state index contributed by atoms with van der Waals surface area (Å²) in [4.78, 5) is 2.14. The van der Waals surface area contributed by atoms with Gasteiger partial charge in [0.05, 0.1) is 10.5 Å². The van der Waals surface area contributed by atoms with Gasteiger partial charge in [-0.1, -0.05) is 6.92 Å². The molecule has 0 saturated heterocycles. The molecule has 0 aliphatic heterocycles. The highest BCUT2D eigenvalue weighted by Gasteiger charge is 2.28. The van der Waals surface area contributed by atoms with Gasteiger partial charge in [-0.15, -0.1) is 0 Å². The summed E-state index contributed by atoms with van der Waals surface area (Å²) in [7, 11) is -3.00. The van der Waals surface area contributed by atoms with E-state index in [0.717, 1.165) is 19.5 Å². The number of nitrogens with two attached hydrogens (primary N) is 1. The fourth-order valence-corrected chi connectivity index (χ4v) is 2.41. The first-order valence-electron chi connectivity index (χ1n) is 5.89. The Morgan fingerprint density at radius 2 is 1.75 bits per heavy atom. The Morgan fingerprint density at radius 3 is 2.12 bits per heavy atom. The number of sulfone groups is 1. The molecule has 0 aromatic heterocycles. The number of rotatable bonds is 7. The van der Waals surface area contributed by atoms with Crippen molar-refractivity contribution in [3.05, 3.63) is 0 Å². The molecule has 0 atom stereocenters. The van der Waals surface area contributed by atoms with Crippen molar-refractivity contribution >= 4 is 9.84 Å². The summed E-state index contributed by atoms with van der Waals surface area (Å²) in [6, 6.07) is 0. The summed E-state index contributed by atoms with van der Waals surface area (Å²) < 4.78 is 23.1. The Kier molecular flexibility index (Phi) is 6.51. The Bertz CT molecular complexity index is 281. The molecule has 0 aliphatic rings. The average Bonchev–Trinajstić information content (AvgIpc) is 2.16. The van der Waals surface area contributed by atoms with Crippen molar-refractivity contribution in [3.8, 4) is 0 Å². The van der Waals surface area contributed by atoms with E-state index in [0.29, 0.717) is 13.1 Å². The first-order chi connectivity index (χ1) is 7.24. The van der Waals surface area contributed by atoms with Crippen LogP contribution in [0.5, 0.6) is 0 Å². The normalized spacial score (nSPS) is 13.4. The van der Waals surface area contributed by atoms with Crippen LogP contribution in [0.15, 0.2) is 0 Å². The lowest BCUT2D eigenvalue weighted by molar-refractivity contribution is 0.302. The minimum atomic E-state index is -3.00. The van der Waals surface area contributed by atoms with Crippen LogP contribution in [0.4, 0.5) is 0 Å². The number of hydrogen-bond donors (Lipinski definition) is 1. The number of nitrogens with zero attached hydrogens (tertiary/aromatic N) is 1. The quantitative estimate of drug-likeness (QED) is 0.728. The summed E-state index contributed by atoms with van der Waals surface area (Å²) in [5.41, 5.74) is 5.44. The first-order valence-corrected chi connectivity index (χ1v) is 7.54. The smallest absolute Gasteiger partial charge is 0.156 e. The van der Waals surface area contributed by atoms with Crippen LogP contribution in [0.3, 0.4) is 0 Å². The predicted molar refractivity (Wildman–Crippen MR) is 69.3 cm³/mol. The minimum absolute atomic E-state index is 0.231. The molecule has 5 heteroatoms. The molecule has 0 spiro atoms. The van der Waals surface area contributed by atoms with Crippen LogP contribution >= 0.6 is 0 Å². The lowest BCUT2D eigenvalue weighted by Crippen LogP contribution is -2.37. The Balaban J connectivity index is 4.21. The van der Waals surface area contributed by atoms with Gasteiger partial charge in [-0.05, 0) is 46.8 Å². The highest BCUT2D eigenvalue weighted by molar-refractivity contribution is 7.92. The van der Waals surface area contributed by atoms with E-state index in [1.165, 1.54) is 0 Å². The summed E-state index contributed by atoms with van der Waals surface area (Å²) >= 11 is 0. The van der Waals surface area contributed by atoms with Gasteiger partial charge in [0.1, 0.15) is 0 Å². The van der Waals surface area contributed by atoms with Gasteiger partial charge >= 0.3 is 0 Å². The van der Waals surface area contributed by atoms with Crippen LogP contribution in [0.2, 0.25) is 0 Å². The molecule has 0 heterocycles. The van der Waals surface area contributed by atoms with Crippen molar-refractivity contribution < 1.29 is 8.42 Å². The van der Waals surface area contributed by atoms with Crippen LogP contribution < -0.4 is 5.73 Å². The van der Waals surface area contributed by atoms with Gasteiger partial charge in [0.25, 0.3) is 0 Å². The molecule has 0 bridgehead atoms. The van der Waals surface area contributed by atoms with Gasteiger partial charge in [0.2, 0.25) is 0 Å². The standard InChI is InChI=1S/C11H26N2O2S/c1-5-13(8-6-7-12)9-10-16(14,15)11(2,3)4/h5-10,12H2,1-4H3. The lowest BCUT2D eigenvalue weighted by atomic mass is 10.3. The maximum atomic E-state index is 11.9. The molecule has 0 rings (SSSR count). The average molecular weight is 250 g/mol. The second-order valence-corrected chi connectivity index (χ2v) is 7.87. The summed E-state index contributed by atoms with van der Waals surface area (Å²) in [6.45, 7) is 10.3. The molecule has 0 unspecified atom stereocenters. The van der Waals surface area contributed by atoms with Crippen molar-refractivity contribution in [1.29, 1.82) is 0 Å². The van der Waals surface area contributed by atoms with Crippen LogP contribution in [0.1, 0.15) is 34.1 Å². The molecule has 0 saturated carbocycles. The van der Waals surface area contributed by atoms with Gasteiger partial charge in [0, 0.05) is 6.54 Å². The third-order valence-electron chi connectivity index (χ3n) is 2.73. The molecule has 0 aromatic rings. The second-order valence-electron chi connectivity index (χ2n) is 5.01. The van der Waals surface area contributed by atoms with E-state index in [1.54, 1.807) is 20.8 Å². The molecule has 4 nitrogen and oxygen atoms in total. The van der Waals surface area contributed by atoms with Gasteiger partial charge in [-0.2, -0.15) is 0 Å². The molecular weight excluding hydrogens is 224 g/mol. The zero-order chi connectivity index (χ0) is 12.8. The fourth-order valence-electron chi connectivity index (χ4n) is 1.30. The van der Waals surface area contributed by atoms with E-state index < -0.39 is 14.6 Å². The van der Waals surface area contributed by atoms with E-state index in [-0.39, 0.29) is 5.75 Å². The minimum Gasteiger partial charge on any atom is -0.330 e. The van der Waals surface area contributed by atoms with E-state index >= 15 is 0 Å². The van der Waals surface area contributed by atoms with Crippen molar-refractivity contribution in [1.82, 2.24) is 4.90 Å². The van der Waals surface area contributed by atoms with Crippen molar-refractivity contribution in [2.75, 3.05) is 31.9 Å². The third kappa shape index (κ3) is 5.27. The number of hydrogen-bond acceptors (Lipinski definition) is 4. The monoisotopic (exact) mass is 250 g/mol. The summed E-state index contributed by atoms with van der Waals surface area (Å²) in [5, 5.41) is 0. The predicted octanol–water partition coefficient (Wildman–Crippen LogP) is 0.870. The molecule has 16 heavy (non-hydrogen) atoms. The topological polar surface area (TPSA) is 63.4 Å². The highest BCUT2D eigenvalue weighted by atomic mass is 32.2. The van der Waals surface area contributed by atoms with Gasteiger partial charge in [-0.3, -0.25) is 0 Å². The largest absolute Gasteiger partial charge is 0.330 e. The van der Waals surface area contributed by atoms with Gasteiger partial charge in [0.15, 0.2) is 9.84 Å². The van der Waals surface area contributed by atoms with Crippen molar-refractivity contribution in [2.45, 2.75) is 38.9 Å². The molecule has 0 radical (unpaired) electrons. The third-order valence-corrected chi connectivity index (χ3v) is 5.32. The molecule has 0 aliphatic carbocycles. The zero-order valence-corrected chi connectivity index (χ0v) is 11.8. The van der Waals surface area contributed by atoms with Crippen LogP contribution in [0.25, 0.3) is 0 Å². The summed E-state index contributed by atoms with van der Waals surface area (Å²) in [5.74, 6) is 0.231. The van der Waals surface area contributed by atoms with Crippen LogP contribution in [0, 0.1) is 0 Å². The Labute approximate surface area is 100 Å². The van der Waals surface area contributed by atoms with E-state index in [4.69, 9.17) is 5.73 Å². The molecule has 98 valence electrons. The summed E-state index contributed by atoms with van der Waals surface area (Å²) in [6.07, 6.45) is 0.920. The highest BCUT2D eigenvalue weighted by Crippen LogP contribution is 2.15. The van der Waals surface area contributed by atoms with Crippen LogP contribution in [-0.2, 0) is 9.84 Å². The second kappa shape index (κ2) is 6.57. The van der Waals surface area contributed by atoms with Crippen LogP contribution in [-0.4, -0.2) is 50.0 Å². The fraction of sp³-hybridized carbons (Fsp3) is 1.00. The maximum Gasteiger partial charge on any atom is 0.156 e. The molecule has 0 aromatic carbocycles. The Morgan fingerprint density at radius 1 is 1.19 bits per heavy atom. The Hall–Kier alpha value is -0.130. The first kappa shape index (κ1) is 15.9. The maximum absolute atomic E-state index is 11.9. The van der Waals surface area contributed by atoms with E-state index in [1.807, 2.05) is 6.92 Å². The zero-order valence-electron chi connectivity index (χ0n) is 11.0. The lowest BCUT2D eigenvalue weighted by Gasteiger charge is -2.24. The van der Waals surface area contributed by atoms with Gasteiger partial charge in [-0.25, -0.2) is 8.42 Å². The van der Waals surface area contributed by atoms with Crippen molar-refractivity contribution in [3.63, 3.8) is 0 Å². The molecule has 0 amide bonds. The molecule has 2 N–H and O–H groups in total. The molecular formula is C11H26N2O2S. The van der Waals surface area contributed by atoms with Crippen molar-refractivity contribution in [2.24, 2.45) is 5.73 Å². The SMILES string of the molecule is CCN(CCCN)CCS(=O)(=O)C(C)(C)C. The van der Waals surface area contributed by atoms with E-state index in [2.05, 4.69) is 4.90 Å². The molecule has 0 fully saturated rings. The van der Waals surface area contributed by atoms with Gasteiger partial charge < -0.3 is 10.6 Å².